The highest BCUT2D eigenvalue weighted by atomic mass is 16.6. The number of aliphatic hydroxyl groups excluding tert-OH is 1. The molecule has 2 aliphatic rings. The van der Waals surface area contributed by atoms with Gasteiger partial charge in [0.05, 0.1) is 0 Å². The Morgan fingerprint density at radius 2 is 2.06 bits per heavy atom. The second-order valence-corrected chi connectivity index (χ2v) is 5.69. The van der Waals surface area contributed by atoms with Crippen molar-refractivity contribution in [3.8, 4) is 0 Å². The summed E-state index contributed by atoms with van der Waals surface area (Å²) >= 11 is 0. The standard InChI is InChI=1S/C12H21NO3/c1-7-9-3-4-10(5-9)11(7)6-12(14)8(2)13(15)16/h7-12,14H,3-6H2,1-2H3/t7-,8?,9?,10?,11-,12?/m1/s1. The summed E-state index contributed by atoms with van der Waals surface area (Å²) in [6.45, 7) is 3.75. The molecule has 0 aromatic carbocycles. The van der Waals surface area contributed by atoms with Crippen molar-refractivity contribution in [1.29, 1.82) is 0 Å². The van der Waals surface area contributed by atoms with E-state index in [0.717, 1.165) is 5.92 Å². The monoisotopic (exact) mass is 227 g/mol. The Morgan fingerprint density at radius 3 is 2.56 bits per heavy atom. The molecule has 0 aliphatic heterocycles. The lowest BCUT2D eigenvalue weighted by Gasteiger charge is -2.30. The van der Waals surface area contributed by atoms with Crippen LogP contribution in [0, 0.1) is 33.8 Å². The van der Waals surface area contributed by atoms with E-state index in [2.05, 4.69) is 6.92 Å². The van der Waals surface area contributed by atoms with E-state index in [-0.39, 0.29) is 4.92 Å². The van der Waals surface area contributed by atoms with Gasteiger partial charge in [-0.3, -0.25) is 10.1 Å². The zero-order chi connectivity index (χ0) is 11.9. The molecule has 0 heterocycles. The fourth-order valence-corrected chi connectivity index (χ4v) is 3.72. The highest BCUT2D eigenvalue weighted by molar-refractivity contribution is 4.95. The predicted molar refractivity (Wildman–Crippen MR) is 60.6 cm³/mol. The first kappa shape index (κ1) is 11.8. The lowest BCUT2D eigenvalue weighted by Crippen LogP contribution is -2.35. The Morgan fingerprint density at radius 1 is 1.44 bits per heavy atom. The summed E-state index contributed by atoms with van der Waals surface area (Å²) in [5.41, 5.74) is 0. The Labute approximate surface area is 96.2 Å². The molecule has 2 saturated carbocycles. The molecule has 16 heavy (non-hydrogen) atoms. The second-order valence-electron chi connectivity index (χ2n) is 5.69. The minimum atomic E-state index is -0.827. The van der Waals surface area contributed by atoms with Gasteiger partial charge in [-0.2, -0.15) is 0 Å². The quantitative estimate of drug-likeness (QED) is 0.590. The molecule has 0 amide bonds. The number of hydrogen-bond acceptors (Lipinski definition) is 3. The molecule has 0 aromatic heterocycles. The molecular formula is C12H21NO3. The molecule has 4 unspecified atom stereocenters. The van der Waals surface area contributed by atoms with Crippen molar-refractivity contribution in [2.24, 2.45) is 23.7 Å². The Kier molecular flexibility index (Phi) is 3.19. The summed E-state index contributed by atoms with van der Waals surface area (Å²) in [6, 6.07) is -0.827. The average Bonchev–Trinajstić information content (AvgIpc) is 2.80. The van der Waals surface area contributed by atoms with Crippen molar-refractivity contribution in [2.75, 3.05) is 0 Å². The second kappa shape index (κ2) is 4.32. The van der Waals surface area contributed by atoms with E-state index in [1.165, 1.54) is 26.2 Å². The Bertz CT molecular complexity index is 279. The van der Waals surface area contributed by atoms with Crippen molar-refractivity contribution in [2.45, 2.75) is 51.7 Å². The van der Waals surface area contributed by atoms with E-state index < -0.39 is 12.1 Å². The zero-order valence-corrected chi connectivity index (χ0v) is 10.0. The summed E-state index contributed by atoms with van der Waals surface area (Å²) in [5.74, 6) is 2.69. The molecular weight excluding hydrogens is 206 g/mol. The first-order valence-corrected chi connectivity index (χ1v) is 6.32. The van der Waals surface area contributed by atoms with Gasteiger partial charge < -0.3 is 5.11 Å². The van der Waals surface area contributed by atoms with Gasteiger partial charge in [0.2, 0.25) is 6.04 Å². The lowest BCUT2D eigenvalue weighted by atomic mass is 9.77. The number of fused-ring (bicyclic) bond motifs is 2. The van der Waals surface area contributed by atoms with Crippen LogP contribution < -0.4 is 0 Å². The topological polar surface area (TPSA) is 63.4 Å². The van der Waals surface area contributed by atoms with E-state index in [0.29, 0.717) is 24.2 Å². The van der Waals surface area contributed by atoms with Crippen LogP contribution in [0.4, 0.5) is 0 Å². The maximum Gasteiger partial charge on any atom is 0.235 e. The molecule has 4 nitrogen and oxygen atoms in total. The third-order valence-corrected chi connectivity index (χ3v) is 4.94. The molecule has 0 saturated heterocycles. The van der Waals surface area contributed by atoms with Crippen LogP contribution in [0.5, 0.6) is 0 Å². The summed E-state index contributed by atoms with van der Waals surface area (Å²) in [5, 5.41) is 20.5. The van der Waals surface area contributed by atoms with Gasteiger partial charge in [-0.1, -0.05) is 6.92 Å². The summed E-state index contributed by atoms with van der Waals surface area (Å²) in [4.78, 5) is 10.2. The molecule has 2 bridgehead atoms. The van der Waals surface area contributed by atoms with Crippen LogP contribution in [0.1, 0.15) is 39.5 Å². The number of nitrogens with zero attached hydrogens (tertiary/aromatic N) is 1. The van der Waals surface area contributed by atoms with E-state index >= 15 is 0 Å². The third-order valence-electron chi connectivity index (χ3n) is 4.94. The first-order chi connectivity index (χ1) is 7.50. The highest BCUT2D eigenvalue weighted by Gasteiger charge is 2.46. The van der Waals surface area contributed by atoms with Gasteiger partial charge in [0.25, 0.3) is 0 Å². The van der Waals surface area contributed by atoms with Crippen LogP contribution in [0.3, 0.4) is 0 Å². The molecule has 0 aromatic rings. The lowest BCUT2D eigenvalue weighted by molar-refractivity contribution is -0.530. The molecule has 0 radical (unpaired) electrons. The van der Waals surface area contributed by atoms with Gasteiger partial charge >= 0.3 is 0 Å². The predicted octanol–water partition coefficient (Wildman–Crippen LogP) is 2.08. The van der Waals surface area contributed by atoms with Gasteiger partial charge in [-0.25, -0.2) is 0 Å². The highest BCUT2D eigenvalue weighted by Crippen LogP contribution is 2.53. The maximum atomic E-state index is 10.6. The number of hydrogen-bond donors (Lipinski definition) is 1. The smallest absolute Gasteiger partial charge is 0.235 e. The third kappa shape index (κ3) is 1.95. The molecule has 6 atom stereocenters. The van der Waals surface area contributed by atoms with E-state index in [4.69, 9.17) is 0 Å². The van der Waals surface area contributed by atoms with Crippen molar-refractivity contribution >= 4 is 0 Å². The van der Waals surface area contributed by atoms with E-state index in [1.54, 1.807) is 0 Å². The summed E-state index contributed by atoms with van der Waals surface area (Å²) in [7, 11) is 0. The van der Waals surface area contributed by atoms with Gasteiger partial charge in [-0.05, 0) is 49.4 Å². The molecule has 92 valence electrons. The summed E-state index contributed by atoms with van der Waals surface area (Å²) in [6.07, 6.45) is 3.71. The van der Waals surface area contributed by atoms with Gasteiger partial charge in [0.1, 0.15) is 6.10 Å². The van der Waals surface area contributed by atoms with Crippen molar-refractivity contribution < 1.29 is 10.0 Å². The SMILES string of the molecule is CC(C(O)C[C@H]1C2CCC(C2)[C@H]1C)[N+](=O)[O-]. The van der Waals surface area contributed by atoms with Gasteiger partial charge in [-0.15, -0.1) is 0 Å². The molecule has 1 N–H and O–H groups in total. The van der Waals surface area contributed by atoms with Crippen molar-refractivity contribution in [3.63, 3.8) is 0 Å². The molecule has 2 aliphatic carbocycles. The van der Waals surface area contributed by atoms with Crippen LogP contribution in [0.15, 0.2) is 0 Å². The number of nitro groups is 1. The number of aliphatic hydroxyl groups is 1. The first-order valence-electron chi connectivity index (χ1n) is 6.32. The van der Waals surface area contributed by atoms with Crippen molar-refractivity contribution in [1.82, 2.24) is 0 Å². The van der Waals surface area contributed by atoms with Crippen molar-refractivity contribution in [3.05, 3.63) is 10.1 Å². The molecule has 2 rings (SSSR count). The van der Waals surface area contributed by atoms with E-state index in [1.807, 2.05) is 0 Å². The van der Waals surface area contributed by atoms with Crippen LogP contribution in [-0.4, -0.2) is 22.2 Å². The van der Waals surface area contributed by atoms with E-state index in [9.17, 15) is 15.2 Å². The maximum absolute atomic E-state index is 10.6. The molecule has 0 spiro atoms. The largest absolute Gasteiger partial charge is 0.386 e. The fourth-order valence-electron chi connectivity index (χ4n) is 3.72. The van der Waals surface area contributed by atoms with Crippen LogP contribution >= 0.6 is 0 Å². The minimum Gasteiger partial charge on any atom is -0.386 e. The molecule has 2 fully saturated rings. The van der Waals surface area contributed by atoms with Gasteiger partial charge in [0.15, 0.2) is 0 Å². The Balaban J connectivity index is 1.92. The number of rotatable bonds is 4. The fraction of sp³-hybridized carbons (Fsp3) is 1.00. The minimum absolute atomic E-state index is 0.372. The van der Waals surface area contributed by atoms with Crippen LogP contribution in [0.2, 0.25) is 0 Å². The average molecular weight is 227 g/mol. The van der Waals surface area contributed by atoms with Crippen LogP contribution in [0.25, 0.3) is 0 Å². The zero-order valence-electron chi connectivity index (χ0n) is 10.0. The summed E-state index contributed by atoms with van der Waals surface area (Å²) < 4.78 is 0. The van der Waals surface area contributed by atoms with Gasteiger partial charge in [0, 0.05) is 11.8 Å². The molecule has 4 heteroatoms. The Hall–Kier alpha value is -0.640. The van der Waals surface area contributed by atoms with Crippen LogP contribution in [-0.2, 0) is 0 Å². The normalized spacial score (nSPS) is 40.9.